The molecule has 2 bridgehead atoms. The number of hydrogen-bond donors (Lipinski definition) is 1. The summed E-state index contributed by atoms with van der Waals surface area (Å²) in [7, 11) is 0. The van der Waals surface area contributed by atoms with Crippen LogP contribution in [0.3, 0.4) is 0 Å². The van der Waals surface area contributed by atoms with Crippen molar-refractivity contribution in [1.29, 1.82) is 0 Å². The molecule has 0 unspecified atom stereocenters. The van der Waals surface area contributed by atoms with Crippen molar-refractivity contribution < 1.29 is 9.84 Å². The van der Waals surface area contributed by atoms with Crippen molar-refractivity contribution in [3.63, 3.8) is 0 Å². The second kappa shape index (κ2) is 6.65. The Kier molecular flexibility index (Phi) is 5.11. The van der Waals surface area contributed by atoms with Crippen molar-refractivity contribution in [2.24, 2.45) is 22.7 Å². The summed E-state index contributed by atoms with van der Waals surface area (Å²) in [6.07, 6.45) is 7.42. The van der Waals surface area contributed by atoms with Gasteiger partial charge in [-0.2, -0.15) is 0 Å². The van der Waals surface area contributed by atoms with E-state index >= 15 is 0 Å². The fraction of sp³-hybridized carbons (Fsp3) is 1.00. The van der Waals surface area contributed by atoms with Crippen LogP contribution in [0.4, 0.5) is 0 Å². The van der Waals surface area contributed by atoms with Gasteiger partial charge in [-0.15, -0.1) is 0 Å². The summed E-state index contributed by atoms with van der Waals surface area (Å²) in [5.41, 5.74) is 0.756. The lowest BCUT2D eigenvalue weighted by Crippen LogP contribution is -2.40. The van der Waals surface area contributed by atoms with Gasteiger partial charge < -0.3 is 14.7 Å². The molecule has 1 heterocycles. The average Bonchev–Trinajstić information content (AvgIpc) is 2.83. The normalized spacial score (nSPS) is 39.0. The first-order chi connectivity index (χ1) is 10.8. The Morgan fingerprint density at radius 2 is 1.87 bits per heavy atom. The molecule has 4 atom stereocenters. The van der Waals surface area contributed by atoms with Crippen LogP contribution in [-0.2, 0) is 4.74 Å². The quantitative estimate of drug-likeness (QED) is 0.809. The topological polar surface area (TPSA) is 32.7 Å². The van der Waals surface area contributed by atoms with Gasteiger partial charge in [-0.3, -0.25) is 0 Å². The van der Waals surface area contributed by atoms with Crippen molar-refractivity contribution in [3.05, 3.63) is 0 Å². The summed E-state index contributed by atoms with van der Waals surface area (Å²) < 4.78 is 6.27. The monoisotopic (exact) mass is 323 g/mol. The molecule has 1 N–H and O–H groups in total. The molecule has 0 aromatic heterocycles. The van der Waals surface area contributed by atoms with Gasteiger partial charge in [0.15, 0.2) is 0 Å². The van der Waals surface area contributed by atoms with E-state index in [4.69, 9.17) is 4.74 Å². The molecule has 1 aliphatic heterocycles. The van der Waals surface area contributed by atoms with Crippen LogP contribution in [0.25, 0.3) is 0 Å². The summed E-state index contributed by atoms with van der Waals surface area (Å²) >= 11 is 0. The molecule has 0 radical (unpaired) electrons. The minimum Gasteiger partial charge on any atom is -0.392 e. The zero-order valence-corrected chi connectivity index (χ0v) is 15.7. The van der Waals surface area contributed by atoms with E-state index < -0.39 is 0 Å². The van der Waals surface area contributed by atoms with Gasteiger partial charge in [-0.05, 0) is 74.3 Å². The van der Waals surface area contributed by atoms with Gasteiger partial charge in [0.25, 0.3) is 0 Å². The molecule has 1 saturated heterocycles. The number of likely N-dealkylation sites (tertiary alicyclic amines) is 1. The highest BCUT2D eigenvalue weighted by Gasteiger charge is 2.61. The fourth-order valence-electron chi connectivity index (χ4n) is 5.36. The predicted molar refractivity (Wildman–Crippen MR) is 94.4 cm³/mol. The smallest absolute Gasteiger partial charge is 0.0689 e. The second-order valence-corrected chi connectivity index (χ2v) is 9.40. The summed E-state index contributed by atoms with van der Waals surface area (Å²) in [5, 5.41) is 10.3. The van der Waals surface area contributed by atoms with Crippen LogP contribution in [-0.4, -0.2) is 48.5 Å². The minimum absolute atomic E-state index is 0.234. The molecule has 3 heteroatoms. The molecular weight excluding hydrogens is 286 g/mol. The first-order valence-corrected chi connectivity index (χ1v) is 9.85. The van der Waals surface area contributed by atoms with Crippen molar-refractivity contribution in [1.82, 2.24) is 4.90 Å². The van der Waals surface area contributed by atoms with Crippen LogP contribution >= 0.6 is 0 Å². The van der Waals surface area contributed by atoms with Gasteiger partial charge in [0.1, 0.15) is 0 Å². The number of aliphatic hydroxyl groups excluding tert-OH is 1. The SMILES string of the molecule is CC1CCN(C[C@@H](O)CCO[C@H]2C[C@@H]3CC[C@]2(C)C3(C)C)CC1. The van der Waals surface area contributed by atoms with Crippen molar-refractivity contribution in [3.8, 4) is 0 Å². The second-order valence-electron chi connectivity index (χ2n) is 9.40. The molecular formula is C20H37NO2. The first-order valence-electron chi connectivity index (χ1n) is 9.85. The summed E-state index contributed by atoms with van der Waals surface area (Å²) in [6, 6.07) is 0. The highest BCUT2D eigenvalue weighted by molar-refractivity contribution is 5.11. The van der Waals surface area contributed by atoms with Crippen LogP contribution in [0.15, 0.2) is 0 Å². The number of fused-ring (bicyclic) bond motifs is 2. The Morgan fingerprint density at radius 1 is 1.17 bits per heavy atom. The summed E-state index contributed by atoms with van der Waals surface area (Å²) in [6.45, 7) is 13.5. The van der Waals surface area contributed by atoms with E-state index in [0.29, 0.717) is 23.5 Å². The molecule has 0 aromatic rings. The van der Waals surface area contributed by atoms with E-state index in [1.54, 1.807) is 0 Å². The molecule has 2 saturated carbocycles. The molecule has 0 spiro atoms. The maximum atomic E-state index is 10.3. The maximum Gasteiger partial charge on any atom is 0.0689 e. The van der Waals surface area contributed by atoms with Crippen LogP contribution in [0.1, 0.15) is 66.2 Å². The molecule has 3 aliphatic rings. The third-order valence-electron chi connectivity index (χ3n) is 7.83. The van der Waals surface area contributed by atoms with E-state index in [1.165, 1.54) is 32.1 Å². The van der Waals surface area contributed by atoms with E-state index in [2.05, 4.69) is 32.6 Å². The Balaban J connectivity index is 1.39. The number of aliphatic hydroxyl groups is 1. The lowest BCUT2D eigenvalue weighted by atomic mass is 9.70. The third kappa shape index (κ3) is 3.34. The molecule has 23 heavy (non-hydrogen) atoms. The Morgan fingerprint density at radius 3 is 2.43 bits per heavy atom. The van der Waals surface area contributed by atoms with Crippen LogP contribution in [0.2, 0.25) is 0 Å². The lowest BCUT2D eigenvalue weighted by molar-refractivity contribution is -0.0568. The van der Waals surface area contributed by atoms with Gasteiger partial charge in [0.2, 0.25) is 0 Å². The molecule has 0 amide bonds. The molecule has 3 nitrogen and oxygen atoms in total. The maximum absolute atomic E-state index is 10.3. The average molecular weight is 324 g/mol. The lowest BCUT2D eigenvalue weighted by Gasteiger charge is -2.39. The van der Waals surface area contributed by atoms with E-state index in [9.17, 15) is 5.11 Å². The Labute approximate surface area is 142 Å². The number of piperidine rings is 1. The van der Waals surface area contributed by atoms with E-state index in [1.807, 2.05) is 0 Å². The van der Waals surface area contributed by atoms with Gasteiger partial charge in [0, 0.05) is 13.2 Å². The number of rotatable bonds is 6. The van der Waals surface area contributed by atoms with Crippen LogP contribution in [0, 0.1) is 22.7 Å². The van der Waals surface area contributed by atoms with Gasteiger partial charge in [-0.1, -0.05) is 27.7 Å². The highest BCUT2D eigenvalue weighted by atomic mass is 16.5. The molecule has 3 fully saturated rings. The highest BCUT2D eigenvalue weighted by Crippen LogP contribution is 2.66. The van der Waals surface area contributed by atoms with E-state index in [-0.39, 0.29) is 6.10 Å². The third-order valence-corrected chi connectivity index (χ3v) is 7.83. The van der Waals surface area contributed by atoms with Crippen molar-refractivity contribution in [2.75, 3.05) is 26.2 Å². The van der Waals surface area contributed by atoms with Crippen LogP contribution < -0.4 is 0 Å². The Hall–Kier alpha value is -0.120. The number of hydrogen-bond acceptors (Lipinski definition) is 3. The summed E-state index contributed by atoms with van der Waals surface area (Å²) in [5.74, 6) is 1.69. The van der Waals surface area contributed by atoms with Crippen molar-refractivity contribution in [2.45, 2.75) is 78.4 Å². The zero-order chi connectivity index (χ0) is 16.7. The molecule has 0 aromatic carbocycles. The van der Waals surface area contributed by atoms with Gasteiger partial charge in [-0.25, -0.2) is 0 Å². The fourth-order valence-corrected chi connectivity index (χ4v) is 5.36. The summed E-state index contributed by atoms with van der Waals surface area (Å²) in [4.78, 5) is 2.42. The predicted octanol–water partition coefficient (Wildman–Crippen LogP) is 3.70. The van der Waals surface area contributed by atoms with E-state index in [0.717, 1.165) is 37.9 Å². The molecule has 3 rings (SSSR count). The van der Waals surface area contributed by atoms with Gasteiger partial charge >= 0.3 is 0 Å². The van der Waals surface area contributed by atoms with Crippen molar-refractivity contribution >= 4 is 0 Å². The number of β-amino-alcohol motifs (C(OH)–C–C–N with tert-alkyl or cyclic N) is 1. The number of nitrogens with zero attached hydrogens (tertiary/aromatic N) is 1. The zero-order valence-electron chi connectivity index (χ0n) is 15.7. The minimum atomic E-state index is -0.234. The van der Waals surface area contributed by atoms with Gasteiger partial charge in [0.05, 0.1) is 12.2 Å². The first kappa shape index (κ1) is 17.7. The van der Waals surface area contributed by atoms with Crippen LogP contribution in [0.5, 0.6) is 0 Å². The number of ether oxygens (including phenoxy) is 1. The standard InChI is InChI=1S/C20H37NO2/c1-15-6-10-21(11-7-15)14-17(22)8-12-23-18-13-16-5-9-20(18,4)19(16,2)3/h15-18,22H,5-14H2,1-4H3/t16-,17-,18-,20-/m0/s1. The largest absolute Gasteiger partial charge is 0.392 e. The molecule has 2 aliphatic carbocycles. The Bertz CT molecular complexity index is 402. The molecule has 134 valence electrons.